The summed E-state index contributed by atoms with van der Waals surface area (Å²) in [5.41, 5.74) is 0.537. The first-order valence-electron chi connectivity index (χ1n) is 2.83. The lowest BCUT2D eigenvalue weighted by Crippen LogP contribution is -1.84. The zero-order valence-electron chi connectivity index (χ0n) is 5.10. The standard InChI is InChI=1S/C6H5N3O/c10-5-3-7-4-9-2-1-8-6(5)9/h1-4,10H. The molecule has 0 amide bonds. The number of hydrogen-bond donors (Lipinski definition) is 1. The smallest absolute Gasteiger partial charge is 0.182 e. The maximum absolute atomic E-state index is 9.11. The van der Waals surface area contributed by atoms with E-state index in [0.29, 0.717) is 5.65 Å². The second-order valence-electron chi connectivity index (χ2n) is 1.94. The number of hydrogen-bond acceptors (Lipinski definition) is 3. The number of rotatable bonds is 0. The summed E-state index contributed by atoms with van der Waals surface area (Å²) in [6, 6.07) is 0. The van der Waals surface area contributed by atoms with Crippen LogP contribution in [0.5, 0.6) is 5.75 Å². The molecule has 0 bridgehead atoms. The van der Waals surface area contributed by atoms with Gasteiger partial charge in [-0.3, -0.25) is 4.40 Å². The van der Waals surface area contributed by atoms with Gasteiger partial charge in [0.15, 0.2) is 11.4 Å². The molecule has 0 aromatic carbocycles. The first-order chi connectivity index (χ1) is 4.88. The summed E-state index contributed by atoms with van der Waals surface area (Å²) in [4.78, 5) is 7.65. The van der Waals surface area contributed by atoms with Crippen LogP contribution in [-0.2, 0) is 0 Å². The molecular weight excluding hydrogens is 130 g/mol. The molecule has 50 valence electrons. The summed E-state index contributed by atoms with van der Waals surface area (Å²) >= 11 is 0. The number of aromatic nitrogens is 3. The van der Waals surface area contributed by atoms with E-state index >= 15 is 0 Å². The van der Waals surface area contributed by atoms with E-state index < -0.39 is 0 Å². The lowest BCUT2D eigenvalue weighted by atomic mass is 10.6. The number of imidazole rings is 1. The molecule has 0 spiro atoms. The summed E-state index contributed by atoms with van der Waals surface area (Å²) in [7, 11) is 0. The van der Waals surface area contributed by atoms with Crippen molar-refractivity contribution in [3.05, 3.63) is 24.9 Å². The number of fused-ring (bicyclic) bond motifs is 1. The third kappa shape index (κ3) is 0.556. The van der Waals surface area contributed by atoms with Crippen LogP contribution in [0.2, 0.25) is 0 Å². The van der Waals surface area contributed by atoms with Gasteiger partial charge in [0, 0.05) is 12.4 Å². The van der Waals surface area contributed by atoms with Gasteiger partial charge in [-0.05, 0) is 0 Å². The van der Waals surface area contributed by atoms with Gasteiger partial charge in [0.05, 0.1) is 6.20 Å². The lowest BCUT2D eigenvalue weighted by molar-refractivity contribution is 0.474. The van der Waals surface area contributed by atoms with Crippen LogP contribution < -0.4 is 0 Å². The highest BCUT2D eigenvalue weighted by Gasteiger charge is 1.97. The molecule has 0 aliphatic rings. The van der Waals surface area contributed by atoms with Gasteiger partial charge in [-0.25, -0.2) is 9.97 Å². The second kappa shape index (κ2) is 1.70. The van der Waals surface area contributed by atoms with E-state index in [9.17, 15) is 0 Å². The van der Waals surface area contributed by atoms with Gasteiger partial charge >= 0.3 is 0 Å². The number of nitrogens with zero attached hydrogens (tertiary/aromatic N) is 3. The molecule has 4 nitrogen and oxygen atoms in total. The van der Waals surface area contributed by atoms with Gasteiger partial charge in [-0.2, -0.15) is 0 Å². The van der Waals surface area contributed by atoms with E-state index in [-0.39, 0.29) is 5.75 Å². The van der Waals surface area contributed by atoms with Gasteiger partial charge in [-0.15, -0.1) is 0 Å². The van der Waals surface area contributed by atoms with Crippen LogP contribution in [0.4, 0.5) is 0 Å². The molecular formula is C6H5N3O. The minimum atomic E-state index is 0.104. The summed E-state index contributed by atoms with van der Waals surface area (Å²) in [6.07, 6.45) is 6.28. The monoisotopic (exact) mass is 135 g/mol. The van der Waals surface area contributed by atoms with E-state index in [1.807, 2.05) is 0 Å². The Kier molecular flexibility index (Phi) is 0.887. The van der Waals surface area contributed by atoms with Crippen molar-refractivity contribution in [3.8, 4) is 5.75 Å². The fourth-order valence-electron chi connectivity index (χ4n) is 0.838. The van der Waals surface area contributed by atoms with Crippen LogP contribution in [0, 0.1) is 0 Å². The first-order valence-corrected chi connectivity index (χ1v) is 2.83. The third-order valence-electron chi connectivity index (χ3n) is 1.29. The van der Waals surface area contributed by atoms with Gasteiger partial charge in [0.1, 0.15) is 6.33 Å². The molecule has 0 unspecified atom stereocenters. The number of aromatic hydroxyl groups is 1. The Balaban J connectivity index is 2.95. The van der Waals surface area contributed by atoms with Crippen LogP contribution in [0.15, 0.2) is 24.9 Å². The normalized spacial score (nSPS) is 10.4. The molecule has 2 rings (SSSR count). The van der Waals surface area contributed by atoms with Gasteiger partial charge in [0.2, 0.25) is 0 Å². The van der Waals surface area contributed by atoms with E-state index in [0.717, 1.165) is 0 Å². The van der Waals surface area contributed by atoms with E-state index in [4.69, 9.17) is 5.11 Å². The minimum absolute atomic E-state index is 0.104. The Hall–Kier alpha value is -1.58. The Bertz CT molecular complexity index is 355. The average molecular weight is 135 g/mol. The predicted octanol–water partition coefficient (Wildman–Crippen LogP) is 0.435. The quantitative estimate of drug-likeness (QED) is 0.570. The third-order valence-corrected chi connectivity index (χ3v) is 1.29. The minimum Gasteiger partial charge on any atom is -0.503 e. The fraction of sp³-hybridized carbons (Fsp3) is 0. The largest absolute Gasteiger partial charge is 0.503 e. The van der Waals surface area contributed by atoms with Gasteiger partial charge in [-0.1, -0.05) is 0 Å². The van der Waals surface area contributed by atoms with Crippen LogP contribution in [-0.4, -0.2) is 19.5 Å². The highest BCUT2D eigenvalue weighted by molar-refractivity contribution is 5.50. The Morgan fingerprint density at radius 3 is 3.20 bits per heavy atom. The van der Waals surface area contributed by atoms with Crippen LogP contribution in [0.3, 0.4) is 0 Å². The second-order valence-corrected chi connectivity index (χ2v) is 1.94. The summed E-state index contributed by atoms with van der Waals surface area (Å²) in [5.74, 6) is 0.104. The van der Waals surface area contributed by atoms with E-state index in [2.05, 4.69) is 9.97 Å². The van der Waals surface area contributed by atoms with Gasteiger partial charge < -0.3 is 5.11 Å². The molecule has 0 saturated heterocycles. The van der Waals surface area contributed by atoms with Crippen LogP contribution >= 0.6 is 0 Å². The molecule has 0 fully saturated rings. The molecule has 1 N–H and O–H groups in total. The van der Waals surface area contributed by atoms with Crippen molar-refractivity contribution in [2.75, 3.05) is 0 Å². The molecule has 10 heavy (non-hydrogen) atoms. The van der Waals surface area contributed by atoms with Crippen LogP contribution in [0.1, 0.15) is 0 Å². The molecule has 0 aliphatic heterocycles. The maximum atomic E-state index is 9.11. The lowest BCUT2D eigenvalue weighted by Gasteiger charge is -1.92. The predicted molar refractivity (Wildman–Crippen MR) is 34.7 cm³/mol. The Morgan fingerprint density at radius 1 is 1.50 bits per heavy atom. The van der Waals surface area contributed by atoms with Crippen molar-refractivity contribution in [2.24, 2.45) is 0 Å². The average Bonchev–Trinajstić information content (AvgIpc) is 2.36. The highest BCUT2D eigenvalue weighted by atomic mass is 16.3. The van der Waals surface area contributed by atoms with Gasteiger partial charge in [0.25, 0.3) is 0 Å². The van der Waals surface area contributed by atoms with E-state index in [1.165, 1.54) is 6.20 Å². The summed E-state index contributed by atoms with van der Waals surface area (Å²) < 4.78 is 1.65. The SMILES string of the molecule is Oc1cncn2ccnc12. The highest BCUT2D eigenvalue weighted by Crippen LogP contribution is 2.11. The molecule has 0 atom stereocenters. The molecule has 0 radical (unpaired) electrons. The van der Waals surface area contributed by atoms with Crippen molar-refractivity contribution in [2.45, 2.75) is 0 Å². The molecule has 4 heteroatoms. The zero-order valence-corrected chi connectivity index (χ0v) is 5.10. The zero-order chi connectivity index (χ0) is 6.97. The Morgan fingerprint density at radius 2 is 2.40 bits per heavy atom. The molecule has 0 aliphatic carbocycles. The molecule has 2 heterocycles. The van der Waals surface area contributed by atoms with E-state index in [1.54, 1.807) is 23.1 Å². The topological polar surface area (TPSA) is 50.4 Å². The van der Waals surface area contributed by atoms with Crippen molar-refractivity contribution in [1.82, 2.24) is 14.4 Å². The van der Waals surface area contributed by atoms with Crippen LogP contribution in [0.25, 0.3) is 5.65 Å². The van der Waals surface area contributed by atoms with Crippen molar-refractivity contribution >= 4 is 5.65 Å². The summed E-state index contributed by atoms with van der Waals surface area (Å²) in [5, 5.41) is 9.11. The van der Waals surface area contributed by atoms with Crippen molar-refractivity contribution < 1.29 is 5.11 Å². The van der Waals surface area contributed by atoms with Crippen molar-refractivity contribution in [1.29, 1.82) is 0 Å². The fourth-order valence-corrected chi connectivity index (χ4v) is 0.838. The van der Waals surface area contributed by atoms with Crippen molar-refractivity contribution in [3.63, 3.8) is 0 Å². The molecule has 0 saturated carbocycles. The summed E-state index contributed by atoms with van der Waals surface area (Å²) in [6.45, 7) is 0. The molecule has 2 aromatic rings. The first kappa shape index (κ1) is 5.22. The molecule has 2 aromatic heterocycles. The maximum Gasteiger partial charge on any atom is 0.182 e. The Labute approximate surface area is 56.8 Å².